The van der Waals surface area contributed by atoms with Crippen LogP contribution in [-0.2, 0) is 16.2 Å². The zero-order valence-corrected chi connectivity index (χ0v) is 15.9. The summed E-state index contributed by atoms with van der Waals surface area (Å²) >= 11 is 6.26. The first-order chi connectivity index (χ1) is 12.6. The molecule has 1 aliphatic rings. The Morgan fingerprint density at radius 3 is 2.65 bits per heavy atom. The molecule has 0 fully saturated rings. The van der Waals surface area contributed by atoms with Gasteiger partial charge in [0, 0.05) is 24.4 Å². The van der Waals surface area contributed by atoms with Crippen LogP contribution < -0.4 is 0 Å². The molecule has 4 nitrogen and oxygen atoms in total. The number of carbonyl (C=O) groups is 1. The first-order valence-electron chi connectivity index (χ1n) is 8.87. The van der Waals surface area contributed by atoms with E-state index in [-0.39, 0.29) is 12.0 Å². The number of benzene rings is 2. The van der Waals surface area contributed by atoms with E-state index in [1.54, 1.807) is 4.90 Å². The lowest BCUT2D eigenvalue weighted by molar-refractivity contribution is -0.133. The molecular formula is C21H23ClN2O2. The van der Waals surface area contributed by atoms with E-state index in [0.717, 1.165) is 16.8 Å². The fourth-order valence-corrected chi connectivity index (χ4v) is 3.19. The zero-order valence-electron chi connectivity index (χ0n) is 15.1. The molecule has 0 bridgehead atoms. The molecule has 0 spiro atoms. The summed E-state index contributed by atoms with van der Waals surface area (Å²) in [5.74, 6) is 0.0808. The molecular weight excluding hydrogens is 348 g/mol. The lowest BCUT2D eigenvalue weighted by Gasteiger charge is -2.25. The summed E-state index contributed by atoms with van der Waals surface area (Å²) in [6.07, 6.45) is 1.01. The highest BCUT2D eigenvalue weighted by atomic mass is 35.5. The first-order valence-corrected chi connectivity index (χ1v) is 9.25. The van der Waals surface area contributed by atoms with Crippen LogP contribution >= 0.6 is 11.6 Å². The minimum Gasteiger partial charge on any atom is -0.390 e. The molecule has 2 aromatic rings. The van der Waals surface area contributed by atoms with Crippen LogP contribution in [-0.4, -0.2) is 29.2 Å². The van der Waals surface area contributed by atoms with Crippen LogP contribution in [0.4, 0.5) is 0 Å². The van der Waals surface area contributed by atoms with Gasteiger partial charge >= 0.3 is 0 Å². The van der Waals surface area contributed by atoms with E-state index in [9.17, 15) is 4.79 Å². The van der Waals surface area contributed by atoms with Crippen molar-refractivity contribution in [3.8, 4) is 0 Å². The number of amides is 1. The van der Waals surface area contributed by atoms with Crippen molar-refractivity contribution in [1.29, 1.82) is 0 Å². The van der Waals surface area contributed by atoms with Crippen LogP contribution in [0.5, 0.6) is 0 Å². The predicted octanol–water partition coefficient (Wildman–Crippen LogP) is 4.58. The molecule has 3 rings (SSSR count). The maximum Gasteiger partial charge on any atom is 0.222 e. The van der Waals surface area contributed by atoms with Crippen molar-refractivity contribution in [1.82, 2.24) is 4.90 Å². The number of hydrogen-bond acceptors (Lipinski definition) is 3. The number of rotatable bonds is 6. The van der Waals surface area contributed by atoms with E-state index in [4.69, 9.17) is 16.4 Å². The van der Waals surface area contributed by atoms with Gasteiger partial charge in [0.2, 0.25) is 5.91 Å². The van der Waals surface area contributed by atoms with Crippen LogP contribution in [0.1, 0.15) is 36.5 Å². The molecule has 1 atom stereocenters. The summed E-state index contributed by atoms with van der Waals surface area (Å²) in [6.45, 7) is 4.90. The monoisotopic (exact) mass is 370 g/mol. The van der Waals surface area contributed by atoms with Crippen molar-refractivity contribution >= 4 is 23.2 Å². The van der Waals surface area contributed by atoms with Crippen molar-refractivity contribution in [2.75, 3.05) is 6.54 Å². The Bertz CT molecular complexity index is 802. The zero-order chi connectivity index (χ0) is 18.5. The Kier molecular flexibility index (Phi) is 5.94. The first kappa shape index (κ1) is 18.5. The number of nitrogens with zero attached hydrogens (tertiary/aromatic N) is 2. The summed E-state index contributed by atoms with van der Waals surface area (Å²) in [6, 6.07) is 15.8. The van der Waals surface area contributed by atoms with E-state index in [0.29, 0.717) is 31.0 Å². The fraction of sp³-hybridized carbons (Fsp3) is 0.333. The highest BCUT2D eigenvalue weighted by Gasteiger charge is 2.26. The highest BCUT2D eigenvalue weighted by Crippen LogP contribution is 2.21. The number of hydrogen-bond donors (Lipinski definition) is 0. The average molecular weight is 371 g/mol. The largest absolute Gasteiger partial charge is 0.390 e. The van der Waals surface area contributed by atoms with Gasteiger partial charge in [-0.3, -0.25) is 4.79 Å². The van der Waals surface area contributed by atoms with E-state index >= 15 is 0 Å². The van der Waals surface area contributed by atoms with Gasteiger partial charge in [-0.2, -0.15) is 0 Å². The standard InChI is InChI=1S/C21H23ClN2O2/c1-3-21(25)24(13-17-6-4-5-7-19(17)22)14-18-12-20(23-26-18)16-10-8-15(2)9-11-16/h4-11,18H,3,12-14H2,1-2H3/t18-/m0/s1. The van der Waals surface area contributed by atoms with Crippen molar-refractivity contribution in [3.63, 3.8) is 0 Å². The molecule has 1 aliphatic heterocycles. The van der Waals surface area contributed by atoms with Gasteiger partial charge < -0.3 is 9.74 Å². The van der Waals surface area contributed by atoms with Gasteiger partial charge in [-0.25, -0.2) is 0 Å². The molecule has 0 saturated heterocycles. The van der Waals surface area contributed by atoms with Crippen LogP contribution in [0.15, 0.2) is 53.7 Å². The van der Waals surface area contributed by atoms with E-state index in [2.05, 4.69) is 36.3 Å². The van der Waals surface area contributed by atoms with Crippen molar-refractivity contribution < 1.29 is 9.63 Å². The van der Waals surface area contributed by atoms with Gasteiger partial charge in [-0.1, -0.05) is 71.7 Å². The second-order valence-electron chi connectivity index (χ2n) is 6.55. The Morgan fingerprint density at radius 2 is 1.96 bits per heavy atom. The maximum atomic E-state index is 12.4. The molecule has 0 saturated carbocycles. The number of halogens is 1. The van der Waals surface area contributed by atoms with Crippen LogP contribution in [0.25, 0.3) is 0 Å². The number of aryl methyl sites for hydroxylation is 1. The maximum absolute atomic E-state index is 12.4. The molecule has 136 valence electrons. The molecule has 1 heterocycles. The molecule has 5 heteroatoms. The lowest BCUT2D eigenvalue weighted by Crippen LogP contribution is -2.37. The molecule has 0 aromatic heterocycles. The number of carbonyl (C=O) groups excluding carboxylic acids is 1. The van der Waals surface area contributed by atoms with Crippen LogP contribution in [0.2, 0.25) is 5.02 Å². The second-order valence-corrected chi connectivity index (χ2v) is 6.96. The van der Waals surface area contributed by atoms with Gasteiger partial charge in [-0.05, 0) is 24.1 Å². The number of oxime groups is 1. The minimum atomic E-state index is -0.135. The topological polar surface area (TPSA) is 41.9 Å². The highest BCUT2D eigenvalue weighted by molar-refractivity contribution is 6.31. The molecule has 0 unspecified atom stereocenters. The van der Waals surface area contributed by atoms with Crippen molar-refractivity contribution in [2.24, 2.45) is 5.16 Å². The molecule has 1 amide bonds. The summed E-state index contributed by atoms with van der Waals surface area (Å²) in [5, 5.41) is 4.90. The Hall–Kier alpha value is -2.33. The van der Waals surface area contributed by atoms with Crippen molar-refractivity contribution in [3.05, 3.63) is 70.2 Å². The smallest absolute Gasteiger partial charge is 0.222 e. The molecule has 2 aromatic carbocycles. The molecule has 0 aliphatic carbocycles. The van der Waals surface area contributed by atoms with Gasteiger partial charge in [-0.15, -0.1) is 0 Å². The molecule has 0 N–H and O–H groups in total. The minimum absolute atomic E-state index is 0.0808. The summed E-state index contributed by atoms with van der Waals surface area (Å²) < 4.78 is 0. The summed E-state index contributed by atoms with van der Waals surface area (Å²) in [4.78, 5) is 19.8. The second kappa shape index (κ2) is 8.37. The van der Waals surface area contributed by atoms with Gasteiger partial charge in [0.05, 0.1) is 12.3 Å². The van der Waals surface area contributed by atoms with Gasteiger partial charge in [0.15, 0.2) is 6.10 Å². The Balaban J connectivity index is 1.66. The SMILES string of the molecule is CCC(=O)N(Cc1ccccc1Cl)C[C@@H]1CC(c2ccc(C)cc2)=NO1. The third-order valence-corrected chi connectivity index (χ3v) is 4.88. The van der Waals surface area contributed by atoms with Crippen molar-refractivity contribution in [2.45, 2.75) is 39.3 Å². The predicted molar refractivity (Wildman–Crippen MR) is 104 cm³/mol. The van der Waals surface area contributed by atoms with E-state index in [1.807, 2.05) is 31.2 Å². The van der Waals surface area contributed by atoms with Gasteiger partial charge in [0.25, 0.3) is 0 Å². The Labute approximate surface area is 159 Å². The van der Waals surface area contributed by atoms with Crippen LogP contribution in [0.3, 0.4) is 0 Å². The summed E-state index contributed by atoms with van der Waals surface area (Å²) in [7, 11) is 0. The third-order valence-electron chi connectivity index (χ3n) is 4.52. The normalized spacial score (nSPS) is 16.1. The fourth-order valence-electron chi connectivity index (χ4n) is 3.00. The van der Waals surface area contributed by atoms with E-state index in [1.165, 1.54) is 5.56 Å². The average Bonchev–Trinajstić information content (AvgIpc) is 3.11. The quantitative estimate of drug-likeness (QED) is 0.746. The summed E-state index contributed by atoms with van der Waals surface area (Å²) in [5.41, 5.74) is 4.15. The molecule has 26 heavy (non-hydrogen) atoms. The Morgan fingerprint density at radius 1 is 1.23 bits per heavy atom. The van der Waals surface area contributed by atoms with Gasteiger partial charge in [0.1, 0.15) is 0 Å². The van der Waals surface area contributed by atoms with Crippen LogP contribution in [0, 0.1) is 6.92 Å². The van der Waals surface area contributed by atoms with E-state index < -0.39 is 0 Å². The lowest BCUT2D eigenvalue weighted by atomic mass is 10.0. The third kappa shape index (κ3) is 4.44. The molecule has 0 radical (unpaired) electrons.